The van der Waals surface area contributed by atoms with Crippen LogP contribution in [0.1, 0.15) is 31.2 Å². The van der Waals surface area contributed by atoms with E-state index >= 15 is 0 Å². The van der Waals surface area contributed by atoms with Gasteiger partial charge in [-0.2, -0.15) is 0 Å². The fourth-order valence-corrected chi connectivity index (χ4v) is 2.83. The van der Waals surface area contributed by atoms with Crippen LogP contribution in [0, 0.1) is 11.8 Å². The summed E-state index contributed by atoms with van der Waals surface area (Å²) < 4.78 is 0. The molecule has 2 atom stereocenters. The number of carbonyl (C=O) groups excluding carboxylic acids is 3. The van der Waals surface area contributed by atoms with Gasteiger partial charge in [0.15, 0.2) is 0 Å². The summed E-state index contributed by atoms with van der Waals surface area (Å²) in [6.45, 7) is 0. The summed E-state index contributed by atoms with van der Waals surface area (Å²) in [7, 11) is 0. The lowest BCUT2D eigenvalue weighted by molar-refractivity contribution is -0.314. The zero-order chi connectivity index (χ0) is 16.1. The van der Waals surface area contributed by atoms with E-state index in [1.54, 1.807) is 24.3 Å². The van der Waals surface area contributed by atoms with Gasteiger partial charge in [-0.3, -0.25) is 4.79 Å². The second-order valence-electron chi connectivity index (χ2n) is 5.55. The Bertz CT molecular complexity index is 566. The number of carboxylic acid groups (broad SMARTS) is 2. The molecule has 1 aromatic rings. The van der Waals surface area contributed by atoms with Gasteiger partial charge in [0.2, 0.25) is 5.91 Å². The van der Waals surface area contributed by atoms with E-state index in [9.17, 15) is 24.6 Å². The van der Waals surface area contributed by atoms with Gasteiger partial charge in [0.1, 0.15) is 0 Å². The molecule has 0 saturated heterocycles. The number of carboxylic acids is 2. The normalized spacial score (nSPS) is 21.1. The van der Waals surface area contributed by atoms with Crippen molar-refractivity contribution in [2.45, 2.75) is 32.1 Å². The fraction of sp³-hybridized carbons (Fsp3) is 0.438. The zero-order valence-corrected chi connectivity index (χ0v) is 12.0. The molecule has 1 saturated carbocycles. The summed E-state index contributed by atoms with van der Waals surface area (Å²) in [5, 5.41) is 24.3. The minimum atomic E-state index is -1.18. The molecule has 0 bridgehead atoms. The number of hydrogen-bond acceptors (Lipinski definition) is 5. The Balaban J connectivity index is 2.01. The van der Waals surface area contributed by atoms with Gasteiger partial charge in [-0.05, 0) is 30.5 Å². The Morgan fingerprint density at radius 1 is 1.00 bits per heavy atom. The maximum Gasteiger partial charge on any atom is 0.228 e. The maximum absolute atomic E-state index is 12.2. The van der Waals surface area contributed by atoms with Gasteiger partial charge in [0, 0.05) is 35.9 Å². The van der Waals surface area contributed by atoms with Crippen LogP contribution in [-0.2, 0) is 20.8 Å². The molecule has 0 heterocycles. The summed E-state index contributed by atoms with van der Waals surface area (Å²) in [5.74, 6) is -4.01. The lowest BCUT2D eigenvalue weighted by Crippen LogP contribution is -2.42. The third kappa shape index (κ3) is 4.07. The molecule has 1 aliphatic carbocycles. The van der Waals surface area contributed by atoms with E-state index in [1.165, 1.54) is 0 Å². The second-order valence-corrected chi connectivity index (χ2v) is 5.55. The van der Waals surface area contributed by atoms with E-state index in [4.69, 9.17) is 0 Å². The van der Waals surface area contributed by atoms with Crippen molar-refractivity contribution in [3.63, 3.8) is 0 Å². The van der Waals surface area contributed by atoms with Crippen LogP contribution in [0.15, 0.2) is 24.3 Å². The lowest BCUT2D eigenvalue weighted by atomic mass is 9.78. The Labute approximate surface area is 128 Å². The maximum atomic E-state index is 12.2. The highest BCUT2D eigenvalue weighted by Gasteiger charge is 2.31. The summed E-state index contributed by atoms with van der Waals surface area (Å²) >= 11 is 0. The molecule has 1 fully saturated rings. The quantitative estimate of drug-likeness (QED) is 0.786. The lowest BCUT2D eigenvalue weighted by Gasteiger charge is -2.31. The van der Waals surface area contributed by atoms with E-state index in [2.05, 4.69) is 5.32 Å². The monoisotopic (exact) mass is 303 g/mol. The van der Waals surface area contributed by atoms with Gasteiger partial charge in [-0.1, -0.05) is 25.0 Å². The van der Waals surface area contributed by atoms with E-state index in [0.29, 0.717) is 24.1 Å². The molecular formula is C16H17NO5-2. The minimum Gasteiger partial charge on any atom is -0.550 e. The van der Waals surface area contributed by atoms with E-state index in [-0.39, 0.29) is 12.3 Å². The third-order valence-electron chi connectivity index (χ3n) is 3.98. The number of aliphatic carboxylic acids is 2. The molecule has 6 heteroatoms. The first-order chi connectivity index (χ1) is 10.5. The Morgan fingerprint density at radius 3 is 2.14 bits per heavy atom. The predicted molar refractivity (Wildman–Crippen MR) is 74.2 cm³/mol. The van der Waals surface area contributed by atoms with Crippen LogP contribution in [0.4, 0.5) is 5.69 Å². The molecule has 1 aromatic carbocycles. The predicted octanol–water partition coefficient (Wildman–Crippen LogP) is -0.526. The highest BCUT2D eigenvalue weighted by atomic mass is 16.4. The van der Waals surface area contributed by atoms with Gasteiger partial charge in [-0.15, -0.1) is 0 Å². The SMILES string of the molecule is O=C([O-])Cc1ccc(NC(=O)C2CCCCC2C(=O)[O-])cc1. The topological polar surface area (TPSA) is 109 Å². The van der Waals surface area contributed by atoms with Crippen LogP contribution >= 0.6 is 0 Å². The van der Waals surface area contributed by atoms with E-state index in [0.717, 1.165) is 12.8 Å². The van der Waals surface area contributed by atoms with Crippen molar-refractivity contribution in [3.05, 3.63) is 29.8 Å². The molecule has 1 aliphatic rings. The molecule has 0 aliphatic heterocycles. The third-order valence-corrected chi connectivity index (χ3v) is 3.98. The molecule has 22 heavy (non-hydrogen) atoms. The average Bonchev–Trinajstić information content (AvgIpc) is 2.48. The Hall–Kier alpha value is -2.37. The van der Waals surface area contributed by atoms with Crippen molar-refractivity contribution >= 4 is 23.5 Å². The number of nitrogens with one attached hydrogen (secondary N) is 1. The Kier molecular flexibility index (Phi) is 5.14. The van der Waals surface area contributed by atoms with Crippen molar-refractivity contribution in [3.8, 4) is 0 Å². The molecular weight excluding hydrogens is 286 g/mol. The van der Waals surface area contributed by atoms with Crippen LogP contribution in [0.2, 0.25) is 0 Å². The van der Waals surface area contributed by atoms with Crippen molar-refractivity contribution in [2.24, 2.45) is 11.8 Å². The standard InChI is InChI=1S/C16H19NO5/c18-14(19)9-10-5-7-11(8-6-10)17-15(20)12-3-1-2-4-13(12)16(21)22/h5-8,12-13H,1-4,9H2,(H,17,20)(H,18,19)(H,21,22)/p-2. The summed E-state index contributed by atoms with van der Waals surface area (Å²) in [6.07, 6.45) is 2.43. The van der Waals surface area contributed by atoms with Crippen LogP contribution in [0.3, 0.4) is 0 Å². The molecule has 6 nitrogen and oxygen atoms in total. The first kappa shape index (κ1) is 16.0. The zero-order valence-electron chi connectivity index (χ0n) is 12.0. The van der Waals surface area contributed by atoms with Crippen molar-refractivity contribution in [1.82, 2.24) is 0 Å². The van der Waals surface area contributed by atoms with E-state index < -0.39 is 23.8 Å². The van der Waals surface area contributed by atoms with Crippen LogP contribution in [0.5, 0.6) is 0 Å². The number of amides is 1. The molecule has 2 rings (SSSR count). The van der Waals surface area contributed by atoms with Crippen molar-refractivity contribution in [1.29, 1.82) is 0 Å². The van der Waals surface area contributed by atoms with Gasteiger partial charge in [-0.25, -0.2) is 0 Å². The van der Waals surface area contributed by atoms with Gasteiger partial charge < -0.3 is 25.1 Å². The average molecular weight is 303 g/mol. The summed E-state index contributed by atoms with van der Waals surface area (Å²) in [5.41, 5.74) is 1.08. The van der Waals surface area contributed by atoms with Crippen molar-refractivity contribution < 1.29 is 24.6 Å². The molecule has 1 amide bonds. The molecule has 0 radical (unpaired) electrons. The van der Waals surface area contributed by atoms with Crippen LogP contribution < -0.4 is 15.5 Å². The number of benzene rings is 1. The first-order valence-corrected chi connectivity index (χ1v) is 7.28. The summed E-state index contributed by atoms with van der Waals surface area (Å²) in [4.78, 5) is 33.9. The van der Waals surface area contributed by atoms with Gasteiger partial charge in [0.05, 0.1) is 0 Å². The highest BCUT2D eigenvalue weighted by Crippen LogP contribution is 2.30. The number of hydrogen-bond donors (Lipinski definition) is 1. The number of carbonyl (C=O) groups is 3. The number of anilines is 1. The highest BCUT2D eigenvalue weighted by molar-refractivity contribution is 5.95. The molecule has 1 N–H and O–H groups in total. The van der Waals surface area contributed by atoms with Gasteiger partial charge in [0.25, 0.3) is 0 Å². The van der Waals surface area contributed by atoms with Gasteiger partial charge >= 0.3 is 0 Å². The fourth-order valence-electron chi connectivity index (χ4n) is 2.83. The van der Waals surface area contributed by atoms with Crippen molar-refractivity contribution in [2.75, 3.05) is 5.32 Å². The smallest absolute Gasteiger partial charge is 0.228 e. The summed E-state index contributed by atoms with van der Waals surface area (Å²) in [6, 6.07) is 6.35. The minimum absolute atomic E-state index is 0.191. The van der Waals surface area contributed by atoms with Crippen LogP contribution in [-0.4, -0.2) is 17.8 Å². The number of rotatable bonds is 5. The molecule has 118 valence electrons. The van der Waals surface area contributed by atoms with Crippen LogP contribution in [0.25, 0.3) is 0 Å². The first-order valence-electron chi connectivity index (χ1n) is 7.28. The molecule has 0 aromatic heterocycles. The second kappa shape index (κ2) is 7.06. The largest absolute Gasteiger partial charge is 0.550 e. The molecule has 0 spiro atoms. The Morgan fingerprint density at radius 2 is 1.59 bits per heavy atom. The van der Waals surface area contributed by atoms with E-state index in [1.807, 2.05) is 0 Å². The molecule has 2 unspecified atom stereocenters.